The number of carbonyl (C=O) groups is 1. The predicted molar refractivity (Wildman–Crippen MR) is 128 cm³/mol. The van der Waals surface area contributed by atoms with Gasteiger partial charge in [-0.05, 0) is 55.5 Å². The topological polar surface area (TPSA) is 79.4 Å². The highest BCUT2D eigenvalue weighted by molar-refractivity contribution is 5.90. The molecule has 2 aromatic carbocycles. The first kappa shape index (κ1) is 23.7. The number of alkyl halides is 2. The SMILES string of the molecule is CN(C)c1nc(NC2CCC(C(=O)NCc3cccc(OC(F)F)c3)CC2)nc2ccccc12. The number of aromatic nitrogens is 2. The van der Waals surface area contributed by atoms with E-state index in [0.29, 0.717) is 11.5 Å². The molecule has 1 saturated carbocycles. The molecule has 3 aromatic rings. The maximum absolute atomic E-state index is 12.7. The maximum atomic E-state index is 12.7. The zero-order valence-electron chi connectivity index (χ0n) is 19.3. The van der Waals surface area contributed by atoms with Crippen LogP contribution in [0.1, 0.15) is 31.2 Å². The number of ether oxygens (including phenoxy) is 1. The quantitative estimate of drug-likeness (QED) is 0.503. The molecule has 0 spiro atoms. The van der Waals surface area contributed by atoms with Gasteiger partial charge in [0.05, 0.1) is 5.52 Å². The number of hydrogen-bond donors (Lipinski definition) is 2. The monoisotopic (exact) mass is 469 g/mol. The van der Waals surface area contributed by atoms with Gasteiger partial charge in [0.2, 0.25) is 11.9 Å². The summed E-state index contributed by atoms with van der Waals surface area (Å²) in [4.78, 5) is 24.0. The lowest BCUT2D eigenvalue weighted by Crippen LogP contribution is -2.35. The molecule has 34 heavy (non-hydrogen) atoms. The predicted octanol–water partition coefficient (Wildman–Crippen LogP) is 4.58. The fraction of sp³-hybridized carbons (Fsp3) is 0.400. The molecule has 0 radical (unpaired) electrons. The van der Waals surface area contributed by atoms with Gasteiger partial charge in [-0.3, -0.25) is 4.79 Å². The van der Waals surface area contributed by atoms with E-state index >= 15 is 0 Å². The molecule has 180 valence electrons. The van der Waals surface area contributed by atoms with Crippen LogP contribution in [0.3, 0.4) is 0 Å². The van der Waals surface area contributed by atoms with Crippen LogP contribution in [0.25, 0.3) is 10.9 Å². The molecule has 1 aliphatic rings. The molecule has 1 heterocycles. The Kier molecular flexibility index (Phi) is 7.40. The number of halogens is 2. The zero-order chi connectivity index (χ0) is 24.1. The first-order valence-electron chi connectivity index (χ1n) is 11.4. The lowest BCUT2D eigenvalue weighted by atomic mass is 9.85. The number of benzene rings is 2. The lowest BCUT2D eigenvalue weighted by molar-refractivity contribution is -0.126. The number of nitrogens with zero attached hydrogens (tertiary/aromatic N) is 3. The Hall–Kier alpha value is -3.49. The molecule has 7 nitrogen and oxygen atoms in total. The van der Waals surface area contributed by atoms with Crippen LogP contribution in [0.4, 0.5) is 20.5 Å². The van der Waals surface area contributed by atoms with E-state index in [2.05, 4.69) is 20.4 Å². The van der Waals surface area contributed by atoms with Gasteiger partial charge >= 0.3 is 6.61 Å². The molecule has 1 amide bonds. The van der Waals surface area contributed by atoms with Crippen molar-refractivity contribution in [3.63, 3.8) is 0 Å². The van der Waals surface area contributed by atoms with Crippen molar-refractivity contribution in [2.45, 2.75) is 44.9 Å². The van der Waals surface area contributed by atoms with Gasteiger partial charge in [-0.2, -0.15) is 13.8 Å². The minimum atomic E-state index is -2.87. The third kappa shape index (κ3) is 5.89. The molecule has 0 aliphatic heterocycles. The number of para-hydroxylation sites is 1. The molecular formula is C25H29F2N5O2. The summed E-state index contributed by atoms with van der Waals surface area (Å²) < 4.78 is 29.2. The van der Waals surface area contributed by atoms with Crippen LogP contribution in [0.15, 0.2) is 48.5 Å². The van der Waals surface area contributed by atoms with E-state index in [-0.39, 0.29) is 30.2 Å². The van der Waals surface area contributed by atoms with Crippen LogP contribution >= 0.6 is 0 Å². The molecule has 0 unspecified atom stereocenters. The average molecular weight is 470 g/mol. The van der Waals surface area contributed by atoms with Crippen LogP contribution in [0.5, 0.6) is 5.75 Å². The summed E-state index contributed by atoms with van der Waals surface area (Å²) in [5.74, 6) is 1.45. The Morgan fingerprint density at radius 1 is 1.09 bits per heavy atom. The summed E-state index contributed by atoms with van der Waals surface area (Å²) in [6.07, 6.45) is 3.19. The third-order valence-corrected chi connectivity index (χ3v) is 6.03. The minimum absolute atomic E-state index is 0.0181. The van der Waals surface area contributed by atoms with Gasteiger partial charge in [-0.25, -0.2) is 4.98 Å². The number of anilines is 2. The summed E-state index contributed by atoms with van der Waals surface area (Å²) in [7, 11) is 3.93. The average Bonchev–Trinajstić information content (AvgIpc) is 2.82. The van der Waals surface area contributed by atoms with Crippen molar-refractivity contribution in [3.05, 3.63) is 54.1 Å². The van der Waals surface area contributed by atoms with Crippen LogP contribution in [-0.4, -0.2) is 42.6 Å². The molecule has 0 saturated heterocycles. The largest absolute Gasteiger partial charge is 0.435 e. The highest BCUT2D eigenvalue weighted by Crippen LogP contribution is 2.28. The fourth-order valence-corrected chi connectivity index (χ4v) is 4.31. The molecule has 0 atom stereocenters. The van der Waals surface area contributed by atoms with Crippen molar-refractivity contribution >= 4 is 28.6 Å². The Bertz CT molecular complexity index is 1130. The van der Waals surface area contributed by atoms with Gasteiger partial charge in [0.15, 0.2) is 0 Å². The number of rotatable bonds is 8. The van der Waals surface area contributed by atoms with Crippen LogP contribution < -0.4 is 20.3 Å². The molecule has 1 aromatic heterocycles. The van der Waals surface area contributed by atoms with Gasteiger partial charge in [0.1, 0.15) is 11.6 Å². The minimum Gasteiger partial charge on any atom is -0.435 e. The van der Waals surface area contributed by atoms with Crippen molar-refractivity contribution in [1.82, 2.24) is 15.3 Å². The number of nitrogens with one attached hydrogen (secondary N) is 2. The second-order valence-corrected chi connectivity index (χ2v) is 8.72. The van der Waals surface area contributed by atoms with Gasteiger partial charge in [0, 0.05) is 38.0 Å². The van der Waals surface area contributed by atoms with E-state index in [0.717, 1.165) is 42.4 Å². The smallest absolute Gasteiger partial charge is 0.387 e. The van der Waals surface area contributed by atoms with E-state index in [1.807, 2.05) is 43.3 Å². The number of fused-ring (bicyclic) bond motifs is 1. The lowest BCUT2D eigenvalue weighted by Gasteiger charge is -2.28. The van der Waals surface area contributed by atoms with Crippen molar-refractivity contribution < 1.29 is 18.3 Å². The van der Waals surface area contributed by atoms with Crippen LogP contribution in [0, 0.1) is 5.92 Å². The molecule has 9 heteroatoms. The number of hydrogen-bond acceptors (Lipinski definition) is 6. The Balaban J connectivity index is 1.30. The Morgan fingerprint density at radius 2 is 1.85 bits per heavy atom. The standard InChI is InChI=1S/C25H29F2N5O2/c1-32(2)22-20-8-3-4-9-21(20)30-25(31-22)29-18-12-10-17(11-13-18)23(33)28-15-16-6-5-7-19(14-16)34-24(26)27/h3-9,14,17-18,24H,10-13,15H2,1-2H3,(H,28,33)(H,29,30,31). The molecule has 0 bridgehead atoms. The number of carbonyl (C=O) groups excluding carboxylic acids is 1. The molecular weight excluding hydrogens is 440 g/mol. The van der Waals surface area contributed by atoms with Crippen molar-refractivity contribution in [1.29, 1.82) is 0 Å². The first-order chi connectivity index (χ1) is 16.4. The normalized spacial score (nSPS) is 18.0. The van der Waals surface area contributed by atoms with E-state index < -0.39 is 6.61 Å². The van der Waals surface area contributed by atoms with Gasteiger partial charge in [0.25, 0.3) is 0 Å². The van der Waals surface area contributed by atoms with Crippen LogP contribution in [-0.2, 0) is 11.3 Å². The maximum Gasteiger partial charge on any atom is 0.387 e. The van der Waals surface area contributed by atoms with E-state index in [4.69, 9.17) is 4.98 Å². The van der Waals surface area contributed by atoms with E-state index in [1.54, 1.807) is 12.1 Å². The fourth-order valence-electron chi connectivity index (χ4n) is 4.31. The molecule has 1 aliphatic carbocycles. The first-order valence-corrected chi connectivity index (χ1v) is 11.4. The summed E-state index contributed by atoms with van der Waals surface area (Å²) >= 11 is 0. The summed E-state index contributed by atoms with van der Waals surface area (Å²) in [5.41, 5.74) is 1.60. The summed E-state index contributed by atoms with van der Waals surface area (Å²) in [6, 6.07) is 14.5. The Morgan fingerprint density at radius 3 is 2.59 bits per heavy atom. The molecule has 4 rings (SSSR count). The molecule has 2 N–H and O–H groups in total. The van der Waals surface area contributed by atoms with Crippen molar-refractivity contribution in [2.75, 3.05) is 24.3 Å². The third-order valence-electron chi connectivity index (χ3n) is 6.03. The highest BCUT2D eigenvalue weighted by Gasteiger charge is 2.27. The summed E-state index contributed by atoms with van der Waals surface area (Å²) in [5, 5.41) is 7.38. The molecule has 1 fully saturated rings. The second kappa shape index (κ2) is 10.6. The van der Waals surface area contributed by atoms with Crippen molar-refractivity contribution in [2.24, 2.45) is 5.92 Å². The van der Waals surface area contributed by atoms with Gasteiger partial charge in [-0.1, -0.05) is 24.3 Å². The number of amides is 1. The van der Waals surface area contributed by atoms with Gasteiger partial charge in [-0.15, -0.1) is 0 Å². The van der Waals surface area contributed by atoms with Crippen LogP contribution in [0.2, 0.25) is 0 Å². The highest BCUT2D eigenvalue weighted by atomic mass is 19.3. The second-order valence-electron chi connectivity index (χ2n) is 8.72. The van der Waals surface area contributed by atoms with E-state index in [1.165, 1.54) is 12.1 Å². The van der Waals surface area contributed by atoms with E-state index in [9.17, 15) is 13.6 Å². The van der Waals surface area contributed by atoms with Crippen molar-refractivity contribution in [3.8, 4) is 5.75 Å². The summed E-state index contributed by atoms with van der Waals surface area (Å²) in [6.45, 7) is -2.60. The Labute approximate surface area is 197 Å². The zero-order valence-corrected chi connectivity index (χ0v) is 19.3. The van der Waals surface area contributed by atoms with Gasteiger partial charge < -0.3 is 20.3 Å².